The molecule has 2 aliphatic rings. The van der Waals surface area contributed by atoms with Crippen LogP contribution in [0.4, 0.5) is 0 Å². The van der Waals surface area contributed by atoms with Crippen molar-refractivity contribution in [1.82, 2.24) is 15.5 Å². The molecule has 1 aromatic heterocycles. The molecular weight excluding hydrogens is 190 g/mol. The fourth-order valence-electron chi connectivity index (χ4n) is 2.05. The van der Waals surface area contributed by atoms with Crippen LogP contribution in [0.1, 0.15) is 12.5 Å². The molecule has 0 saturated carbocycles. The minimum atomic E-state index is -0.302. The predicted octanol–water partition coefficient (Wildman–Crippen LogP) is 0.798. The van der Waals surface area contributed by atoms with Gasteiger partial charge in [-0.2, -0.15) is 5.10 Å². The third kappa shape index (κ3) is 1.06. The first-order chi connectivity index (χ1) is 7.31. The van der Waals surface area contributed by atoms with Crippen LogP contribution in [0.3, 0.4) is 0 Å². The highest BCUT2D eigenvalue weighted by Crippen LogP contribution is 2.37. The standard InChI is InChI=1S/C10H11N5/c1-10(7-4-14-15-5-7)8-2-3-11-9(8)12-6-13-10/h2-6,8H,1H3,(H,14,15)(H,11,12,13). The Labute approximate surface area is 87.0 Å². The first-order valence-corrected chi connectivity index (χ1v) is 4.84. The van der Waals surface area contributed by atoms with E-state index in [0.717, 1.165) is 11.4 Å². The van der Waals surface area contributed by atoms with E-state index in [1.165, 1.54) is 0 Å². The molecule has 2 atom stereocenters. The lowest BCUT2D eigenvalue weighted by Crippen LogP contribution is -2.38. The first kappa shape index (κ1) is 8.40. The largest absolute Gasteiger partial charge is 0.350 e. The van der Waals surface area contributed by atoms with Gasteiger partial charge in [0.15, 0.2) is 0 Å². The van der Waals surface area contributed by atoms with Crippen molar-refractivity contribution in [3.05, 3.63) is 30.2 Å². The molecule has 3 heterocycles. The molecule has 0 fully saturated rings. The Balaban J connectivity index is 2.09. The van der Waals surface area contributed by atoms with E-state index in [1.807, 2.05) is 18.6 Å². The quantitative estimate of drug-likeness (QED) is 0.705. The smallest absolute Gasteiger partial charge is 0.117 e. The molecular formula is C10H11N5. The molecule has 5 heteroatoms. The summed E-state index contributed by atoms with van der Waals surface area (Å²) in [7, 11) is 0. The second-order valence-corrected chi connectivity index (χ2v) is 3.87. The van der Waals surface area contributed by atoms with E-state index < -0.39 is 0 Å². The van der Waals surface area contributed by atoms with Gasteiger partial charge in [-0.15, -0.1) is 0 Å². The van der Waals surface area contributed by atoms with Crippen molar-refractivity contribution in [2.75, 3.05) is 0 Å². The van der Waals surface area contributed by atoms with Crippen molar-refractivity contribution < 1.29 is 0 Å². The molecule has 15 heavy (non-hydrogen) atoms. The van der Waals surface area contributed by atoms with Gasteiger partial charge in [-0.3, -0.25) is 10.1 Å². The molecule has 0 aliphatic carbocycles. The molecule has 3 rings (SSSR count). The van der Waals surface area contributed by atoms with Crippen LogP contribution in [0.25, 0.3) is 0 Å². The van der Waals surface area contributed by atoms with Gasteiger partial charge >= 0.3 is 0 Å². The minimum absolute atomic E-state index is 0.181. The van der Waals surface area contributed by atoms with Gasteiger partial charge in [0.1, 0.15) is 17.7 Å². The number of nitrogens with zero attached hydrogens (tertiary/aromatic N) is 3. The van der Waals surface area contributed by atoms with Gasteiger partial charge in [-0.1, -0.05) is 6.08 Å². The Morgan fingerprint density at radius 1 is 1.47 bits per heavy atom. The maximum absolute atomic E-state index is 4.48. The van der Waals surface area contributed by atoms with Gasteiger partial charge in [0, 0.05) is 11.8 Å². The van der Waals surface area contributed by atoms with E-state index >= 15 is 0 Å². The van der Waals surface area contributed by atoms with E-state index in [1.54, 1.807) is 6.34 Å². The Kier molecular flexibility index (Phi) is 1.56. The summed E-state index contributed by atoms with van der Waals surface area (Å²) in [5, 5.41) is 9.92. The molecule has 0 aromatic carbocycles. The van der Waals surface area contributed by atoms with Gasteiger partial charge in [0.05, 0.1) is 12.1 Å². The number of fused-ring (bicyclic) bond motifs is 1. The van der Waals surface area contributed by atoms with Crippen molar-refractivity contribution in [3.8, 4) is 0 Å². The monoisotopic (exact) mass is 201 g/mol. The number of hydrogen-bond donors (Lipinski definition) is 2. The van der Waals surface area contributed by atoms with E-state index in [2.05, 4.69) is 38.5 Å². The van der Waals surface area contributed by atoms with Crippen LogP contribution in [0.5, 0.6) is 0 Å². The van der Waals surface area contributed by atoms with Crippen molar-refractivity contribution in [3.63, 3.8) is 0 Å². The van der Waals surface area contributed by atoms with Gasteiger partial charge < -0.3 is 5.32 Å². The van der Waals surface area contributed by atoms with E-state index in [4.69, 9.17) is 0 Å². The van der Waals surface area contributed by atoms with Gasteiger partial charge in [0.25, 0.3) is 0 Å². The van der Waals surface area contributed by atoms with E-state index in [9.17, 15) is 0 Å². The van der Waals surface area contributed by atoms with Crippen LogP contribution < -0.4 is 5.32 Å². The summed E-state index contributed by atoms with van der Waals surface area (Å²) in [5.41, 5.74) is 0.772. The number of nitrogens with one attached hydrogen (secondary N) is 2. The molecule has 0 bridgehead atoms. The molecule has 1 aromatic rings. The highest BCUT2D eigenvalue weighted by atomic mass is 15.1. The van der Waals surface area contributed by atoms with Crippen molar-refractivity contribution in [2.45, 2.75) is 12.5 Å². The van der Waals surface area contributed by atoms with Crippen LogP contribution in [0.2, 0.25) is 0 Å². The Morgan fingerprint density at radius 3 is 3.20 bits per heavy atom. The maximum atomic E-state index is 4.48. The highest BCUT2D eigenvalue weighted by Gasteiger charge is 2.41. The Bertz CT molecular complexity index is 456. The Hall–Kier alpha value is -1.91. The van der Waals surface area contributed by atoms with Crippen LogP contribution in [0.15, 0.2) is 34.7 Å². The number of H-pyrrole nitrogens is 1. The highest BCUT2D eigenvalue weighted by molar-refractivity contribution is 5.97. The SMILES string of the molecule is CC1(c2cn[nH]c2)N=CN=C2NC=CC21. The Morgan fingerprint density at radius 2 is 2.40 bits per heavy atom. The van der Waals surface area contributed by atoms with E-state index in [-0.39, 0.29) is 11.5 Å². The summed E-state index contributed by atoms with van der Waals surface area (Å²) in [5.74, 6) is 1.13. The second-order valence-electron chi connectivity index (χ2n) is 3.87. The number of amidine groups is 1. The van der Waals surface area contributed by atoms with Crippen LogP contribution in [0, 0.1) is 5.92 Å². The van der Waals surface area contributed by atoms with Crippen molar-refractivity contribution >= 4 is 12.2 Å². The fourth-order valence-corrected chi connectivity index (χ4v) is 2.05. The minimum Gasteiger partial charge on any atom is -0.350 e. The van der Waals surface area contributed by atoms with Crippen LogP contribution in [-0.4, -0.2) is 22.4 Å². The van der Waals surface area contributed by atoms with Crippen LogP contribution >= 0.6 is 0 Å². The average Bonchev–Trinajstić information content (AvgIpc) is 2.89. The van der Waals surface area contributed by atoms with Gasteiger partial charge in [-0.25, -0.2) is 4.99 Å². The first-order valence-electron chi connectivity index (χ1n) is 4.84. The zero-order chi connectivity index (χ0) is 10.3. The van der Waals surface area contributed by atoms with Crippen molar-refractivity contribution in [2.24, 2.45) is 15.9 Å². The van der Waals surface area contributed by atoms with E-state index in [0.29, 0.717) is 0 Å². The lowest BCUT2D eigenvalue weighted by molar-refractivity contribution is 0.440. The molecule has 0 amide bonds. The van der Waals surface area contributed by atoms with Gasteiger partial charge in [-0.05, 0) is 13.1 Å². The fraction of sp³-hybridized carbons (Fsp3) is 0.300. The molecule has 5 nitrogen and oxygen atoms in total. The summed E-state index contributed by atoms with van der Waals surface area (Å²) < 4.78 is 0. The zero-order valence-electron chi connectivity index (χ0n) is 8.31. The topological polar surface area (TPSA) is 65.4 Å². The average molecular weight is 201 g/mol. The zero-order valence-corrected chi connectivity index (χ0v) is 8.31. The molecule has 2 unspecified atom stereocenters. The van der Waals surface area contributed by atoms with Gasteiger partial charge in [0.2, 0.25) is 0 Å². The molecule has 0 radical (unpaired) electrons. The normalized spacial score (nSPS) is 32.3. The third-order valence-corrected chi connectivity index (χ3v) is 3.03. The predicted molar refractivity (Wildman–Crippen MR) is 57.6 cm³/mol. The summed E-state index contributed by atoms with van der Waals surface area (Å²) >= 11 is 0. The number of aromatic nitrogens is 2. The third-order valence-electron chi connectivity index (χ3n) is 3.03. The maximum Gasteiger partial charge on any atom is 0.117 e. The number of rotatable bonds is 1. The van der Waals surface area contributed by atoms with Crippen LogP contribution in [-0.2, 0) is 5.54 Å². The number of aromatic amines is 1. The molecule has 2 N–H and O–H groups in total. The summed E-state index contributed by atoms with van der Waals surface area (Å²) in [6.45, 7) is 2.09. The molecule has 2 aliphatic heterocycles. The molecule has 0 saturated heterocycles. The summed E-state index contributed by atoms with van der Waals surface area (Å²) in [6, 6.07) is 0. The molecule has 76 valence electrons. The molecule has 0 spiro atoms. The summed E-state index contributed by atoms with van der Waals surface area (Å²) in [6.07, 6.45) is 9.30. The number of aliphatic imine (C=N–C) groups is 2. The van der Waals surface area contributed by atoms with Crippen molar-refractivity contribution in [1.29, 1.82) is 0 Å². The lowest BCUT2D eigenvalue weighted by atomic mass is 9.81. The number of hydrogen-bond acceptors (Lipinski definition) is 4. The lowest BCUT2D eigenvalue weighted by Gasteiger charge is -2.31. The second kappa shape index (κ2) is 2.79. The summed E-state index contributed by atoms with van der Waals surface area (Å²) in [4.78, 5) is 8.70.